The fourth-order valence-corrected chi connectivity index (χ4v) is 2.94. The fraction of sp³-hybridized carbons (Fsp3) is 0.412. The van der Waals surface area contributed by atoms with Gasteiger partial charge in [-0.25, -0.2) is 9.97 Å². The minimum atomic E-state index is 0.556. The first-order valence-corrected chi connectivity index (χ1v) is 7.56. The van der Waals surface area contributed by atoms with E-state index in [-0.39, 0.29) is 0 Å². The van der Waals surface area contributed by atoms with E-state index in [4.69, 9.17) is 0 Å². The third-order valence-electron chi connectivity index (χ3n) is 4.22. The molecule has 2 aromatic heterocycles. The Bertz CT molecular complexity index is 576. The molecule has 0 radical (unpaired) electrons. The summed E-state index contributed by atoms with van der Waals surface area (Å²) < 4.78 is 0. The quantitative estimate of drug-likeness (QED) is 0.866. The second-order valence-electron chi connectivity index (χ2n) is 5.65. The van der Waals surface area contributed by atoms with Crippen LogP contribution in [-0.4, -0.2) is 36.1 Å². The van der Waals surface area contributed by atoms with Crippen LogP contribution in [0.15, 0.2) is 42.6 Å². The minimum Gasteiger partial charge on any atom is -0.357 e. The summed E-state index contributed by atoms with van der Waals surface area (Å²) in [5, 5.41) is 0. The van der Waals surface area contributed by atoms with E-state index in [0.29, 0.717) is 6.04 Å². The van der Waals surface area contributed by atoms with Gasteiger partial charge in [0.1, 0.15) is 11.6 Å². The van der Waals surface area contributed by atoms with Crippen LogP contribution in [0.2, 0.25) is 0 Å². The Morgan fingerprint density at radius 1 is 1.10 bits per heavy atom. The summed E-state index contributed by atoms with van der Waals surface area (Å²) >= 11 is 0. The van der Waals surface area contributed by atoms with Gasteiger partial charge in [-0.05, 0) is 44.0 Å². The highest BCUT2D eigenvalue weighted by molar-refractivity contribution is 5.42. The van der Waals surface area contributed by atoms with E-state index >= 15 is 0 Å². The molecule has 4 heteroatoms. The van der Waals surface area contributed by atoms with Gasteiger partial charge in [-0.2, -0.15) is 0 Å². The molecule has 1 fully saturated rings. The van der Waals surface area contributed by atoms with Crippen molar-refractivity contribution in [3.63, 3.8) is 0 Å². The molecule has 3 heterocycles. The highest BCUT2D eigenvalue weighted by atomic mass is 15.2. The van der Waals surface area contributed by atoms with E-state index in [0.717, 1.165) is 43.3 Å². The lowest BCUT2D eigenvalue weighted by atomic mass is 10.0. The molecule has 0 bridgehead atoms. The summed E-state index contributed by atoms with van der Waals surface area (Å²) in [5.74, 6) is 2.17. The van der Waals surface area contributed by atoms with Gasteiger partial charge in [-0.1, -0.05) is 12.1 Å². The van der Waals surface area contributed by atoms with E-state index in [9.17, 15) is 0 Å². The summed E-state index contributed by atoms with van der Waals surface area (Å²) in [6.45, 7) is 4.15. The standard InChI is InChI=1S/C17H22N4/c1-14-6-5-8-17(19-14)21-12-9-15(10-13-21)20(2)16-7-3-4-11-18-16/h3-8,11,15H,9-10,12-13H2,1-2H3. The molecular weight excluding hydrogens is 260 g/mol. The summed E-state index contributed by atoms with van der Waals surface area (Å²) in [6, 6.07) is 12.9. The van der Waals surface area contributed by atoms with Crippen LogP contribution in [-0.2, 0) is 0 Å². The Morgan fingerprint density at radius 2 is 1.90 bits per heavy atom. The van der Waals surface area contributed by atoms with E-state index in [2.05, 4.69) is 45.0 Å². The van der Waals surface area contributed by atoms with E-state index in [1.807, 2.05) is 31.3 Å². The fourth-order valence-electron chi connectivity index (χ4n) is 2.94. The summed E-state index contributed by atoms with van der Waals surface area (Å²) in [6.07, 6.45) is 4.14. The van der Waals surface area contributed by atoms with Crippen LogP contribution < -0.4 is 9.80 Å². The Balaban J connectivity index is 1.63. The molecule has 2 aromatic rings. The molecule has 1 aliphatic rings. The average Bonchev–Trinajstić information content (AvgIpc) is 2.55. The molecule has 21 heavy (non-hydrogen) atoms. The van der Waals surface area contributed by atoms with Gasteiger partial charge in [-0.15, -0.1) is 0 Å². The van der Waals surface area contributed by atoms with Gasteiger partial charge in [0.25, 0.3) is 0 Å². The van der Waals surface area contributed by atoms with E-state index in [1.165, 1.54) is 0 Å². The lowest BCUT2D eigenvalue weighted by molar-refractivity contribution is 0.478. The van der Waals surface area contributed by atoms with Crippen molar-refractivity contribution in [1.29, 1.82) is 0 Å². The number of rotatable bonds is 3. The third-order valence-corrected chi connectivity index (χ3v) is 4.22. The van der Waals surface area contributed by atoms with Crippen LogP contribution >= 0.6 is 0 Å². The number of hydrogen-bond acceptors (Lipinski definition) is 4. The Morgan fingerprint density at radius 3 is 2.57 bits per heavy atom. The van der Waals surface area contributed by atoms with Gasteiger partial charge < -0.3 is 9.80 Å². The highest BCUT2D eigenvalue weighted by Crippen LogP contribution is 2.23. The van der Waals surface area contributed by atoms with Crippen molar-refractivity contribution in [2.75, 3.05) is 29.9 Å². The second-order valence-corrected chi connectivity index (χ2v) is 5.65. The maximum Gasteiger partial charge on any atom is 0.128 e. The monoisotopic (exact) mass is 282 g/mol. The van der Waals surface area contributed by atoms with Crippen molar-refractivity contribution in [3.05, 3.63) is 48.3 Å². The van der Waals surface area contributed by atoms with Crippen molar-refractivity contribution in [2.24, 2.45) is 0 Å². The molecular formula is C17H22N4. The van der Waals surface area contributed by atoms with E-state index < -0.39 is 0 Å². The molecule has 0 saturated carbocycles. The van der Waals surface area contributed by atoms with Crippen LogP contribution in [0.4, 0.5) is 11.6 Å². The lowest BCUT2D eigenvalue weighted by Gasteiger charge is -2.37. The van der Waals surface area contributed by atoms with Gasteiger partial charge >= 0.3 is 0 Å². The van der Waals surface area contributed by atoms with Crippen molar-refractivity contribution in [3.8, 4) is 0 Å². The zero-order valence-electron chi connectivity index (χ0n) is 12.7. The second kappa shape index (κ2) is 6.12. The zero-order valence-corrected chi connectivity index (χ0v) is 12.7. The van der Waals surface area contributed by atoms with Crippen LogP contribution in [0.3, 0.4) is 0 Å². The molecule has 0 N–H and O–H groups in total. The molecule has 0 aromatic carbocycles. The maximum absolute atomic E-state index is 4.62. The Labute approximate surface area is 126 Å². The van der Waals surface area contributed by atoms with Crippen molar-refractivity contribution in [2.45, 2.75) is 25.8 Å². The molecule has 110 valence electrons. The van der Waals surface area contributed by atoms with Crippen molar-refractivity contribution < 1.29 is 0 Å². The number of nitrogens with zero attached hydrogens (tertiary/aromatic N) is 4. The molecule has 0 amide bonds. The number of pyridine rings is 2. The molecule has 1 aliphatic heterocycles. The molecule has 0 aliphatic carbocycles. The van der Waals surface area contributed by atoms with Gasteiger partial charge in [0, 0.05) is 38.1 Å². The Hall–Kier alpha value is -2.10. The summed E-state index contributed by atoms with van der Waals surface area (Å²) in [4.78, 5) is 13.8. The maximum atomic E-state index is 4.62. The number of anilines is 2. The molecule has 4 nitrogen and oxygen atoms in total. The van der Waals surface area contributed by atoms with E-state index in [1.54, 1.807) is 0 Å². The van der Waals surface area contributed by atoms with Crippen LogP contribution in [0.1, 0.15) is 18.5 Å². The minimum absolute atomic E-state index is 0.556. The number of piperidine rings is 1. The van der Waals surface area contributed by atoms with Gasteiger partial charge in [0.05, 0.1) is 0 Å². The number of hydrogen-bond donors (Lipinski definition) is 0. The average molecular weight is 282 g/mol. The third kappa shape index (κ3) is 3.15. The van der Waals surface area contributed by atoms with Gasteiger partial charge in [-0.3, -0.25) is 0 Å². The normalized spacial score (nSPS) is 16.0. The first-order valence-electron chi connectivity index (χ1n) is 7.56. The highest BCUT2D eigenvalue weighted by Gasteiger charge is 2.23. The molecule has 0 unspecified atom stereocenters. The predicted octanol–water partition coefficient (Wildman–Crippen LogP) is 2.89. The predicted molar refractivity (Wildman–Crippen MR) is 86.8 cm³/mol. The van der Waals surface area contributed by atoms with Crippen molar-refractivity contribution in [1.82, 2.24) is 9.97 Å². The van der Waals surface area contributed by atoms with Crippen LogP contribution in [0, 0.1) is 6.92 Å². The summed E-state index contributed by atoms with van der Waals surface area (Å²) in [5.41, 5.74) is 1.08. The smallest absolute Gasteiger partial charge is 0.128 e. The molecule has 1 saturated heterocycles. The molecule has 0 spiro atoms. The first kappa shape index (κ1) is 13.9. The zero-order chi connectivity index (χ0) is 14.7. The summed E-state index contributed by atoms with van der Waals surface area (Å²) in [7, 11) is 2.15. The largest absolute Gasteiger partial charge is 0.357 e. The lowest BCUT2D eigenvalue weighted by Crippen LogP contribution is -2.44. The van der Waals surface area contributed by atoms with Gasteiger partial charge in [0.15, 0.2) is 0 Å². The van der Waals surface area contributed by atoms with Crippen LogP contribution in [0.25, 0.3) is 0 Å². The topological polar surface area (TPSA) is 32.3 Å². The van der Waals surface area contributed by atoms with Crippen molar-refractivity contribution >= 4 is 11.6 Å². The van der Waals surface area contributed by atoms with Crippen LogP contribution in [0.5, 0.6) is 0 Å². The molecule has 3 rings (SSSR count). The number of aryl methyl sites for hydroxylation is 1. The SMILES string of the molecule is Cc1cccc(N2CCC(N(C)c3ccccn3)CC2)n1. The molecule has 0 atom stereocenters. The number of aromatic nitrogens is 2. The van der Waals surface area contributed by atoms with Gasteiger partial charge in [0.2, 0.25) is 0 Å². The Kier molecular flexibility index (Phi) is 4.04. The first-order chi connectivity index (χ1) is 10.2.